The van der Waals surface area contributed by atoms with Crippen LogP contribution in [0.25, 0.3) is 38.6 Å². The Labute approximate surface area is 127 Å². The van der Waals surface area contributed by atoms with Crippen LogP contribution in [0.15, 0.2) is 42.7 Å². The molecule has 4 heteroatoms. The Morgan fingerprint density at radius 2 is 1.73 bits per heavy atom. The van der Waals surface area contributed by atoms with Crippen molar-refractivity contribution in [1.82, 2.24) is 18.5 Å². The topological polar surface area (TPSA) is 27.2 Å². The number of nitrogens with zero attached hydrogens (tertiary/aromatic N) is 4. The Hall–Kier alpha value is -2.75. The lowest BCUT2D eigenvalue weighted by molar-refractivity contribution is 0.962. The van der Waals surface area contributed by atoms with Crippen LogP contribution in [0.3, 0.4) is 0 Å². The SMILES string of the molecule is Cc1c2c(cc3c1n(C)c1nccn31)c1ccccc1n2C. The molecule has 0 unspecified atom stereocenters. The van der Waals surface area contributed by atoms with Gasteiger partial charge in [-0.25, -0.2) is 4.98 Å². The summed E-state index contributed by atoms with van der Waals surface area (Å²) in [7, 11) is 4.24. The molecule has 3 heterocycles. The highest BCUT2D eigenvalue weighted by molar-refractivity contribution is 6.13. The fourth-order valence-corrected chi connectivity index (χ4v) is 3.97. The smallest absolute Gasteiger partial charge is 0.214 e. The first kappa shape index (κ1) is 11.9. The minimum Gasteiger partial charge on any atom is -0.343 e. The lowest BCUT2D eigenvalue weighted by Crippen LogP contribution is -1.94. The van der Waals surface area contributed by atoms with E-state index in [0.29, 0.717) is 0 Å². The maximum Gasteiger partial charge on any atom is 0.214 e. The number of aromatic nitrogens is 4. The number of aryl methyl sites for hydroxylation is 3. The maximum absolute atomic E-state index is 4.48. The molecule has 0 aliphatic heterocycles. The fraction of sp³-hybridized carbons (Fsp3) is 0.167. The van der Waals surface area contributed by atoms with Crippen LogP contribution < -0.4 is 0 Å². The zero-order chi connectivity index (χ0) is 15.0. The van der Waals surface area contributed by atoms with Gasteiger partial charge in [0.15, 0.2) is 0 Å². The number of hydrogen-bond acceptors (Lipinski definition) is 1. The van der Waals surface area contributed by atoms with Crippen molar-refractivity contribution in [3.05, 3.63) is 48.3 Å². The lowest BCUT2D eigenvalue weighted by atomic mass is 10.1. The molecule has 5 rings (SSSR count). The maximum atomic E-state index is 4.48. The van der Waals surface area contributed by atoms with E-state index in [1.165, 1.54) is 38.4 Å². The van der Waals surface area contributed by atoms with Gasteiger partial charge in [0.1, 0.15) is 0 Å². The van der Waals surface area contributed by atoms with E-state index >= 15 is 0 Å². The molecule has 0 N–H and O–H groups in total. The molecule has 5 aromatic rings. The first-order chi connectivity index (χ1) is 10.7. The van der Waals surface area contributed by atoms with Gasteiger partial charge in [-0.3, -0.25) is 4.40 Å². The van der Waals surface area contributed by atoms with E-state index in [9.17, 15) is 0 Å². The first-order valence-corrected chi connectivity index (χ1v) is 7.46. The highest BCUT2D eigenvalue weighted by Gasteiger charge is 2.17. The second kappa shape index (κ2) is 3.71. The molecule has 4 nitrogen and oxygen atoms in total. The Morgan fingerprint density at radius 1 is 0.909 bits per heavy atom. The van der Waals surface area contributed by atoms with Crippen LogP contribution in [-0.4, -0.2) is 18.5 Å². The summed E-state index contributed by atoms with van der Waals surface area (Å²) < 4.78 is 6.65. The lowest BCUT2D eigenvalue weighted by Gasteiger charge is -2.05. The van der Waals surface area contributed by atoms with Crippen LogP contribution in [0.5, 0.6) is 0 Å². The fourth-order valence-electron chi connectivity index (χ4n) is 3.97. The monoisotopic (exact) mass is 288 g/mol. The molecule has 0 amide bonds. The van der Waals surface area contributed by atoms with E-state index in [4.69, 9.17) is 0 Å². The summed E-state index contributed by atoms with van der Waals surface area (Å²) in [5, 5.41) is 2.62. The minimum atomic E-state index is 0.984. The summed E-state index contributed by atoms with van der Waals surface area (Å²) in [5.41, 5.74) is 6.35. The van der Waals surface area contributed by atoms with Crippen molar-refractivity contribution in [3.8, 4) is 0 Å². The molecule has 0 fully saturated rings. The number of imidazole rings is 2. The van der Waals surface area contributed by atoms with Crippen molar-refractivity contribution in [3.63, 3.8) is 0 Å². The highest BCUT2D eigenvalue weighted by Crippen LogP contribution is 2.35. The molecule has 0 atom stereocenters. The van der Waals surface area contributed by atoms with Gasteiger partial charge in [0.25, 0.3) is 0 Å². The van der Waals surface area contributed by atoms with Gasteiger partial charge in [-0.1, -0.05) is 18.2 Å². The summed E-state index contributed by atoms with van der Waals surface area (Å²) in [6, 6.07) is 10.9. The van der Waals surface area contributed by atoms with Gasteiger partial charge < -0.3 is 9.13 Å². The van der Waals surface area contributed by atoms with Gasteiger partial charge in [-0.05, 0) is 24.6 Å². The summed E-state index contributed by atoms with van der Waals surface area (Å²) >= 11 is 0. The van der Waals surface area contributed by atoms with E-state index in [2.05, 4.69) is 69.9 Å². The van der Waals surface area contributed by atoms with E-state index in [0.717, 1.165) is 5.78 Å². The van der Waals surface area contributed by atoms with Gasteiger partial charge in [-0.2, -0.15) is 0 Å². The molecule has 0 saturated carbocycles. The van der Waals surface area contributed by atoms with Crippen molar-refractivity contribution < 1.29 is 0 Å². The summed E-state index contributed by atoms with van der Waals surface area (Å²) in [6.45, 7) is 2.21. The Kier molecular flexibility index (Phi) is 2.00. The molecule has 0 bridgehead atoms. The molecule has 0 aliphatic carbocycles. The molecule has 0 radical (unpaired) electrons. The molecular formula is C18H16N4. The summed E-state index contributed by atoms with van der Waals surface area (Å²) in [4.78, 5) is 4.48. The van der Waals surface area contributed by atoms with E-state index in [-0.39, 0.29) is 0 Å². The average molecular weight is 288 g/mol. The van der Waals surface area contributed by atoms with Gasteiger partial charge in [0, 0.05) is 42.8 Å². The van der Waals surface area contributed by atoms with Gasteiger partial charge in [0.2, 0.25) is 5.78 Å². The molecule has 0 spiro atoms. The Bertz CT molecular complexity index is 1200. The number of benzene rings is 2. The molecule has 0 saturated heterocycles. The largest absolute Gasteiger partial charge is 0.343 e. The van der Waals surface area contributed by atoms with Crippen molar-refractivity contribution in [2.45, 2.75) is 6.92 Å². The molecule has 2 aromatic carbocycles. The van der Waals surface area contributed by atoms with Gasteiger partial charge >= 0.3 is 0 Å². The Balaban J connectivity index is 2.17. The standard InChI is InChI=1S/C18H16N4/c1-11-16-13(12-6-4-5-7-14(12)20(16)2)10-15-17(11)21(3)18-19-8-9-22(15)18/h4-10H,1-3H3. The van der Waals surface area contributed by atoms with Crippen LogP contribution in [0.2, 0.25) is 0 Å². The molecule has 3 aromatic heterocycles. The van der Waals surface area contributed by atoms with E-state index < -0.39 is 0 Å². The molecule has 0 aliphatic rings. The normalized spacial score (nSPS) is 12.3. The van der Waals surface area contributed by atoms with Crippen LogP contribution in [0, 0.1) is 6.92 Å². The highest BCUT2D eigenvalue weighted by atomic mass is 15.2. The van der Waals surface area contributed by atoms with Crippen LogP contribution in [0.1, 0.15) is 5.56 Å². The van der Waals surface area contributed by atoms with Crippen LogP contribution in [0.4, 0.5) is 0 Å². The second-order valence-electron chi connectivity index (χ2n) is 6.00. The van der Waals surface area contributed by atoms with Crippen LogP contribution >= 0.6 is 0 Å². The molecule has 108 valence electrons. The third-order valence-electron chi connectivity index (χ3n) is 4.90. The Morgan fingerprint density at radius 3 is 2.59 bits per heavy atom. The zero-order valence-electron chi connectivity index (χ0n) is 12.8. The van der Waals surface area contributed by atoms with Gasteiger partial charge in [0.05, 0.1) is 16.6 Å². The third-order valence-corrected chi connectivity index (χ3v) is 4.90. The minimum absolute atomic E-state index is 0.984. The third kappa shape index (κ3) is 1.18. The predicted octanol–water partition coefficient (Wildman–Crippen LogP) is 3.78. The van der Waals surface area contributed by atoms with Crippen molar-refractivity contribution in [2.75, 3.05) is 0 Å². The summed E-state index contributed by atoms with van der Waals surface area (Å²) in [5.74, 6) is 0.984. The predicted molar refractivity (Wildman–Crippen MR) is 90.4 cm³/mol. The van der Waals surface area contributed by atoms with Crippen LogP contribution in [-0.2, 0) is 14.1 Å². The van der Waals surface area contributed by atoms with Crippen molar-refractivity contribution in [1.29, 1.82) is 0 Å². The number of fused-ring (bicyclic) bond motifs is 6. The number of rotatable bonds is 0. The molecule has 22 heavy (non-hydrogen) atoms. The average Bonchev–Trinajstić information content (AvgIpc) is 3.17. The van der Waals surface area contributed by atoms with E-state index in [1.54, 1.807) is 0 Å². The zero-order valence-corrected chi connectivity index (χ0v) is 12.8. The summed E-state index contributed by atoms with van der Waals surface area (Å²) in [6.07, 6.45) is 3.89. The van der Waals surface area contributed by atoms with Crippen molar-refractivity contribution in [2.24, 2.45) is 14.1 Å². The van der Waals surface area contributed by atoms with E-state index in [1.807, 2.05) is 12.4 Å². The number of hydrogen-bond donors (Lipinski definition) is 0. The quantitative estimate of drug-likeness (QED) is 0.426. The second-order valence-corrected chi connectivity index (χ2v) is 6.00. The molecular weight excluding hydrogens is 272 g/mol. The number of para-hydroxylation sites is 1. The first-order valence-electron chi connectivity index (χ1n) is 7.46. The van der Waals surface area contributed by atoms with Crippen molar-refractivity contribution >= 4 is 38.6 Å². The van der Waals surface area contributed by atoms with Gasteiger partial charge in [-0.15, -0.1) is 0 Å².